The molecule has 1 rings (SSSR count). The predicted octanol–water partition coefficient (Wildman–Crippen LogP) is -4.72. The van der Waals surface area contributed by atoms with Crippen molar-refractivity contribution in [3.63, 3.8) is 0 Å². The fourth-order valence-corrected chi connectivity index (χ4v) is 0.992. The van der Waals surface area contributed by atoms with Crippen LogP contribution in [0.15, 0.2) is 12.3 Å². The van der Waals surface area contributed by atoms with Gasteiger partial charge in [-0.3, -0.25) is 5.10 Å². The van der Waals surface area contributed by atoms with E-state index in [9.17, 15) is 0 Å². The summed E-state index contributed by atoms with van der Waals surface area (Å²) < 4.78 is 0. The van der Waals surface area contributed by atoms with Crippen LogP contribution in [-0.2, 0) is 26.2 Å². The zero-order valence-electron chi connectivity index (χ0n) is 5.79. The number of aromatic amines is 1. The van der Waals surface area contributed by atoms with Gasteiger partial charge in [-0.25, -0.2) is 0 Å². The Kier molecular flexibility index (Phi) is 17.5. The van der Waals surface area contributed by atoms with Crippen LogP contribution in [0, 0.1) is 0 Å². The minimum atomic E-state index is 0. The van der Waals surface area contributed by atoms with Gasteiger partial charge in [0.05, 0.1) is 0 Å². The molecule has 1 N–H and O–H groups in total. The molecular formula is C5H8Cl2N2PdS. The van der Waals surface area contributed by atoms with Crippen molar-refractivity contribution in [1.82, 2.24) is 10.2 Å². The van der Waals surface area contributed by atoms with Gasteiger partial charge in [0.1, 0.15) is 0 Å². The summed E-state index contributed by atoms with van der Waals surface area (Å²) in [6, 6.07) is 1.98. The minimum absolute atomic E-state index is 0. The van der Waals surface area contributed by atoms with E-state index in [0.717, 1.165) is 5.75 Å². The fraction of sp³-hybridized carbons (Fsp3) is 0.400. The van der Waals surface area contributed by atoms with Crippen LogP contribution in [0.2, 0.25) is 0 Å². The van der Waals surface area contributed by atoms with Crippen LogP contribution in [-0.4, -0.2) is 16.5 Å². The SMILES string of the molecule is CSCc1ccn[nH]1.[Cl-].[Cl-].[Pd+2]. The molecule has 0 amide bonds. The van der Waals surface area contributed by atoms with Crippen LogP contribution < -0.4 is 24.8 Å². The molecule has 1 aromatic rings. The third-order valence-corrected chi connectivity index (χ3v) is 1.46. The molecule has 2 nitrogen and oxygen atoms in total. The van der Waals surface area contributed by atoms with Gasteiger partial charge in [0.15, 0.2) is 0 Å². The summed E-state index contributed by atoms with van der Waals surface area (Å²) in [5.74, 6) is 1.03. The van der Waals surface area contributed by atoms with Gasteiger partial charge in [-0.1, -0.05) is 0 Å². The average Bonchev–Trinajstić information content (AvgIpc) is 2.19. The molecule has 0 aliphatic rings. The molecule has 1 aromatic heterocycles. The number of nitrogens with zero attached hydrogens (tertiary/aromatic N) is 1. The van der Waals surface area contributed by atoms with Crippen LogP contribution in [0.25, 0.3) is 0 Å². The Morgan fingerprint density at radius 3 is 2.55 bits per heavy atom. The number of H-pyrrole nitrogens is 1. The van der Waals surface area contributed by atoms with Crippen molar-refractivity contribution in [2.75, 3.05) is 6.26 Å². The van der Waals surface area contributed by atoms with Gasteiger partial charge in [0.25, 0.3) is 0 Å². The van der Waals surface area contributed by atoms with E-state index in [0.29, 0.717) is 0 Å². The second-order valence-electron chi connectivity index (χ2n) is 1.51. The second kappa shape index (κ2) is 10.8. The summed E-state index contributed by atoms with van der Waals surface area (Å²) in [7, 11) is 0. The van der Waals surface area contributed by atoms with Gasteiger partial charge in [0.2, 0.25) is 0 Å². The van der Waals surface area contributed by atoms with Gasteiger partial charge in [-0.05, 0) is 12.3 Å². The molecule has 0 aliphatic carbocycles. The largest absolute Gasteiger partial charge is 2.00 e. The molecule has 0 unspecified atom stereocenters. The maximum atomic E-state index is 3.80. The normalized spacial score (nSPS) is 7.00. The number of hydrogen-bond acceptors (Lipinski definition) is 2. The second-order valence-corrected chi connectivity index (χ2v) is 2.38. The van der Waals surface area contributed by atoms with E-state index in [1.165, 1.54) is 5.69 Å². The van der Waals surface area contributed by atoms with E-state index < -0.39 is 0 Å². The molecule has 0 saturated heterocycles. The Morgan fingerprint density at radius 1 is 1.55 bits per heavy atom. The topological polar surface area (TPSA) is 28.7 Å². The molecule has 0 saturated carbocycles. The summed E-state index contributed by atoms with van der Waals surface area (Å²) in [6.45, 7) is 0. The molecule has 6 heteroatoms. The Morgan fingerprint density at radius 2 is 2.18 bits per heavy atom. The van der Waals surface area contributed by atoms with Crippen molar-refractivity contribution in [2.45, 2.75) is 5.75 Å². The van der Waals surface area contributed by atoms with Crippen LogP contribution >= 0.6 is 11.8 Å². The van der Waals surface area contributed by atoms with Crippen LogP contribution in [0.1, 0.15) is 5.69 Å². The molecule has 0 aliphatic heterocycles. The van der Waals surface area contributed by atoms with E-state index in [2.05, 4.69) is 16.5 Å². The van der Waals surface area contributed by atoms with E-state index in [1.807, 2.05) is 6.07 Å². The molecular weight excluding hydrogens is 297 g/mol. The monoisotopic (exact) mass is 304 g/mol. The molecule has 1 heterocycles. The predicted molar refractivity (Wildman–Crippen MR) is 35.8 cm³/mol. The third-order valence-electron chi connectivity index (χ3n) is 0.858. The van der Waals surface area contributed by atoms with Gasteiger partial charge in [-0.15, -0.1) is 0 Å². The Hall–Kier alpha value is 0.802. The van der Waals surface area contributed by atoms with Crippen molar-refractivity contribution in [2.24, 2.45) is 0 Å². The minimum Gasteiger partial charge on any atom is -1.00 e. The summed E-state index contributed by atoms with van der Waals surface area (Å²) >= 11 is 1.79. The smallest absolute Gasteiger partial charge is 1.00 e. The van der Waals surface area contributed by atoms with E-state index in [-0.39, 0.29) is 45.2 Å². The fourth-order valence-electron chi connectivity index (χ4n) is 0.521. The van der Waals surface area contributed by atoms with E-state index in [1.54, 1.807) is 18.0 Å². The van der Waals surface area contributed by atoms with Gasteiger partial charge >= 0.3 is 20.4 Å². The average molecular weight is 306 g/mol. The molecule has 0 radical (unpaired) electrons. The summed E-state index contributed by atoms with van der Waals surface area (Å²) in [5.41, 5.74) is 1.19. The zero-order valence-corrected chi connectivity index (χ0v) is 9.67. The number of aromatic nitrogens is 2. The standard InChI is InChI=1S/C5H8N2S.2ClH.Pd/c1-8-4-5-2-3-6-7-5;;;/h2-3H,4H2,1H3,(H,6,7);2*1H;/q;;;+2/p-2. The number of nitrogens with one attached hydrogen (secondary N) is 1. The summed E-state index contributed by atoms with van der Waals surface area (Å²) in [5, 5.41) is 6.67. The van der Waals surface area contributed by atoms with Gasteiger partial charge in [0, 0.05) is 17.6 Å². The van der Waals surface area contributed by atoms with Gasteiger partial charge in [-0.2, -0.15) is 16.9 Å². The maximum Gasteiger partial charge on any atom is 2.00 e. The molecule has 0 bridgehead atoms. The number of rotatable bonds is 2. The maximum absolute atomic E-state index is 3.80. The Balaban J connectivity index is -0.000000213. The quantitative estimate of drug-likeness (QED) is 0.556. The number of hydrogen-bond donors (Lipinski definition) is 1. The number of halogens is 2. The zero-order chi connectivity index (χ0) is 5.82. The molecule has 0 fully saturated rings. The van der Waals surface area contributed by atoms with Crippen molar-refractivity contribution in [3.05, 3.63) is 18.0 Å². The molecule has 11 heavy (non-hydrogen) atoms. The first kappa shape index (κ1) is 17.8. The van der Waals surface area contributed by atoms with Gasteiger partial charge < -0.3 is 24.8 Å². The van der Waals surface area contributed by atoms with Crippen LogP contribution in [0.3, 0.4) is 0 Å². The van der Waals surface area contributed by atoms with E-state index in [4.69, 9.17) is 0 Å². The number of thioether (sulfide) groups is 1. The van der Waals surface area contributed by atoms with Crippen molar-refractivity contribution in [1.29, 1.82) is 0 Å². The molecule has 0 spiro atoms. The van der Waals surface area contributed by atoms with Crippen LogP contribution in [0.4, 0.5) is 0 Å². The molecule has 0 aromatic carbocycles. The first-order chi connectivity index (χ1) is 3.93. The Labute approximate surface area is 96.8 Å². The molecule has 0 atom stereocenters. The first-order valence-electron chi connectivity index (χ1n) is 2.40. The van der Waals surface area contributed by atoms with Crippen molar-refractivity contribution < 1.29 is 45.2 Å². The van der Waals surface area contributed by atoms with Crippen molar-refractivity contribution in [3.8, 4) is 0 Å². The first-order valence-corrected chi connectivity index (χ1v) is 3.80. The van der Waals surface area contributed by atoms with Crippen molar-refractivity contribution >= 4 is 11.8 Å². The third kappa shape index (κ3) is 7.17. The van der Waals surface area contributed by atoms with E-state index >= 15 is 0 Å². The Bertz CT molecular complexity index is 148. The summed E-state index contributed by atoms with van der Waals surface area (Å²) in [6.07, 6.45) is 3.84. The summed E-state index contributed by atoms with van der Waals surface area (Å²) in [4.78, 5) is 0. The molecule has 68 valence electrons. The van der Waals surface area contributed by atoms with Crippen LogP contribution in [0.5, 0.6) is 0 Å².